The highest BCUT2D eigenvalue weighted by molar-refractivity contribution is 9.10. The van der Waals surface area contributed by atoms with Crippen LogP contribution in [0.3, 0.4) is 0 Å². The lowest BCUT2D eigenvalue weighted by Crippen LogP contribution is -2.14. The highest BCUT2D eigenvalue weighted by Crippen LogP contribution is 2.28. The van der Waals surface area contributed by atoms with Crippen molar-refractivity contribution < 1.29 is 0 Å². The Morgan fingerprint density at radius 2 is 1.81 bits per heavy atom. The Hall–Kier alpha value is -0.670. The summed E-state index contributed by atoms with van der Waals surface area (Å²) in [5.41, 5.74) is 2.13. The minimum absolute atomic E-state index is 0. The Kier molecular flexibility index (Phi) is 3.92. The molecule has 0 spiro atoms. The quantitative estimate of drug-likeness (QED) is 0.732. The zero-order valence-electron chi connectivity index (χ0n) is 9.49. The number of benzene rings is 1. The summed E-state index contributed by atoms with van der Waals surface area (Å²) in [5, 5.41) is 1.12. The lowest BCUT2D eigenvalue weighted by molar-refractivity contribution is 0.574. The highest BCUT2D eigenvalue weighted by atomic mass is 79.9. The van der Waals surface area contributed by atoms with Crippen LogP contribution in [0.5, 0.6) is 0 Å². The number of rotatable bonds is 0. The van der Waals surface area contributed by atoms with E-state index in [0.717, 1.165) is 21.1 Å². The van der Waals surface area contributed by atoms with E-state index >= 15 is 0 Å². The lowest BCUT2D eigenvalue weighted by Gasteiger charge is -2.19. The molecule has 0 aliphatic carbocycles. The second-order valence-corrected chi connectivity index (χ2v) is 5.55. The number of hydrogen-bond donors (Lipinski definition) is 0. The van der Waals surface area contributed by atoms with Gasteiger partial charge in [0.1, 0.15) is 6.33 Å². The largest absolute Gasteiger partial charge is 0.240 e. The summed E-state index contributed by atoms with van der Waals surface area (Å²) in [6.45, 7) is 6.49. The van der Waals surface area contributed by atoms with Crippen LogP contribution in [0.2, 0.25) is 0 Å². The minimum atomic E-state index is 0. The molecule has 4 heteroatoms. The Morgan fingerprint density at radius 3 is 2.44 bits per heavy atom. The van der Waals surface area contributed by atoms with Gasteiger partial charge < -0.3 is 0 Å². The molecule has 0 amide bonds. The van der Waals surface area contributed by atoms with Crippen LogP contribution in [0.4, 0.5) is 0 Å². The maximum atomic E-state index is 4.39. The van der Waals surface area contributed by atoms with Crippen molar-refractivity contribution in [2.45, 2.75) is 26.2 Å². The molecule has 0 saturated heterocycles. The zero-order valence-corrected chi connectivity index (χ0v) is 11.9. The third-order valence-corrected chi connectivity index (χ3v) is 2.80. The first kappa shape index (κ1) is 13.4. The smallest absolute Gasteiger partial charge is 0.116 e. The maximum absolute atomic E-state index is 4.39. The maximum Gasteiger partial charge on any atom is 0.116 e. The van der Waals surface area contributed by atoms with Gasteiger partial charge >= 0.3 is 0 Å². The van der Waals surface area contributed by atoms with E-state index in [2.05, 4.69) is 52.7 Å². The van der Waals surface area contributed by atoms with Crippen molar-refractivity contribution in [2.24, 2.45) is 0 Å². The first-order chi connectivity index (χ1) is 6.98. The molecule has 0 fully saturated rings. The van der Waals surface area contributed by atoms with Crippen molar-refractivity contribution in [3.8, 4) is 0 Å². The van der Waals surface area contributed by atoms with Crippen LogP contribution >= 0.6 is 28.3 Å². The average molecular weight is 302 g/mol. The van der Waals surface area contributed by atoms with Gasteiger partial charge in [-0.25, -0.2) is 9.97 Å². The molecule has 2 rings (SSSR count). The summed E-state index contributed by atoms with van der Waals surface area (Å²) in [6, 6.07) is 6.09. The summed E-state index contributed by atoms with van der Waals surface area (Å²) in [4.78, 5) is 8.65. The van der Waals surface area contributed by atoms with E-state index in [-0.39, 0.29) is 17.8 Å². The third kappa shape index (κ3) is 2.53. The van der Waals surface area contributed by atoms with E-state index in [1.807, 2.05) is 12.1 Å². The lowest BCUT2D eigenvalue weighted by atomic mass is 9.89. The summed E-state index contributed by atoms with van der Waals surface area (Å²) in [5.74, 6) is 0. The van der Waals surface area contributed by atoms with Crippen molar-refractivity contribution in [1.29, 1.82) is 0 Å². The molecule has 16 heavy (non-hydrogen) atoms. The van der Waals surface area contributed by atoms with Crippen LogP contribution in [-0.2, 0) is 5.41 Å². The van der Waals surface area contributed by atoms with Crippen LogP contribution < -0.4 is 0 Å². The topological polar surface area (TPSA) is 25.8 Å². The van der Waals surface area contributed by atoms with Gasteiger partial charge in [0, 0.05) is 15.3 Å². The van der Waals surface area contributed by atoms with Gasteiger partial charge in [-0.3, -0.25) is 0 Å². The second-order valence-electron chi connectivity index (χ2n) is 4.63. The SMILES string of the molecule is CC(C)(C)c1ncnc2ccc(Br)cc12.Cl. The van der Waals surface area contributed by atoms with Gasteiger partial charge in [0.25, 0.3) is 0 Å². The van der Waals surface area contributed by atoms with Crippen LogP contribution in [-0.4, -0.2) is 9.97 Å². The van der Waals surface area contributed by atoms with E-state index in [9.17, 15) is 0 Å². The van der Waals surface area contributed by atoms with E-state index < -0.39 is 0 Å². The van der Waals surface area contributed by atoms with Gasteiger partial charge in [-0.2, -0.15) is 0 Å². The number of fused-ring (bicyclic) bond motifs is 1. The van der Waals surface area contributed by atoms with Gasteiger partial charge in [0.15, 0.2) is 0 Å². The summed E-state index contributed by atoms with van der Waals surface area (Å²) >= 11 is 3.48. The van der Waals surface area contributed by atoms with Crippen LogP contribution in [0, 0.1) is 0 Å². The zero-order chi connectivity index (χ0) is 11.1. The van der Waals surface area contributed by atoms with Crippen LogP contribution in [0.15, 0.2) is 29.0 Å². The molecule has 0 aliphatic rings. The van der Waals surface area contributed by atoms with Crippen molar-refractivity contribution in [3.05, 3.63) is 34.7 Å². The van der Waals surface area contributed by atoms with E-state index in [1.54, 1.807) is 6.33 Å². The molecule has 0 aliphatic heterocycles. The number of hydrogen-bond acceptors (Lipinski definition) is 2. The van der Waals surface area contributed by atoms with Crippen LogP contribution in [0.25, 0.3) is 10.9 Å². The standard InChI is InChI=1S/C12H13BrN2.ClH/c1-12(2,3)11-9-6-8(13)4-5-10(9)14-7-15-11;/h4-7H,1-3H3;1H. The van der Waals surface area contributed by atoms with E-state index in [0.29, 0.717) is 0 Å². The molecule has 1 aromatic carbocycles. The summed E-state index contributed by atoms with van der Waals surface area (Å²) in [7, 11) is 0. The first-order valence-corrected chi connectivity index (χ1v) is 5.68. The van der Waals surface area contributed by atoms with Gasteiger partial charge in [-0.1, -0.05) is 36.7 Å². The molecule has 2 nitrogen and oxygen atoms in total. The van der Waals surface area contributed by atoms with Gasteiger partial charge in [0.2, 0.25) is 0 Å². The van der Waals surface area contributed by atoms with Crippen molar-refractivity contribution in [3.63, 3.8) is 0 Å². The van der Waals surface area contributed by atoms with E-state index in [1.165, 1.54) is 0 Å². The minimum Gasteiger partial charge on any atom is -0.240 e. The molecule has 1 heterocycles. The second kappa shape index (κ2) is 4.68. The van der Waals surface area contributed by atoms with Crippen LogP contribution in [0.1, 0.15) is 26.5 Å². The van der Waals surface area contributed by atoms with E-state index in [4.69, 9.17) is 0 Å². The predicted octanol–water partition coefficient (Wildman–Crippen LogP) is 4.11. The number of halogens is 2. The third-order valence-electron chi connectivity index (χ3n) is 2.31. The molecule has 0 unspecified atom stereocenters. The van der Waals surface area contributed by atoms with Gasteiger partial charge in [0.05, 0.1) is 11.2 Å². The summed E-state index contributed by atoms with van der Waals surface area (Å²) in [6.07, 6.45) is 1.64. The number of aromatic nitrogens is 2. The normalized spacial score (nSPS) is 11.2. The molecule has 0 bridgehead atoms. The molecule has 0 saturated carbocycles. The Balaban J connectivity index is 0.00000128. The molecule has 2 aromatic rings. The fourth-order valence-electron chi connectivity index (χ4n) is 1.63. The predicted molar refractivity (Wildman–Crippen MR) is 73.2 cm³/mol. The monoisotopic (exact) mass is 300 g/mol. The molecule has 86 valence electrons. The van der Waals surface area contributed by atoms with Crippen molar-refractivity contribution in [1.82, 2.24) is 9.97 Å². The molecule has 0 atom stereocenters. The molecule has 0 N–H and O–H groups in total. The molecule has 0 radical (unpaired) electrons. The van der Waals surface area contributed by atoms with Crippen molar-refractivity contribution in [2.75, 3.05) is 0 Å². The Morgan fingerprint density at radius 1 is 1.12 bits per heavy atom. The average Bonchev–Trinajstić information content (AvgIpc) is 2.15. The number of nitrogens with zero attached hydrogens (tertiary/aromatic N) is 2. The molecular formula is C12H14BrClN2. The molecular weight excluding hydrogens is 288 g/mol. The fraction of sp³-hybridized carbons (Fsp3) is 0.333. The Bertz CT molecular complexity index is 506. The summed E-state index contributed by atoms with van der Waals surface area (Å²) < 4.78 is 1.07. The highest BCUT2D eigenvalue weighted by Gasteiger charge is 2.18. The van der Waals surface area contributed by atoms with Gasteiger partial charge in [-0.05, 0) is 18.2 Å². The first-order valence-electron chi connectivity index (χ1n) is 4.89. The fourth-order valence-corrected chi connectivity index (χ4v) is 1.99. The Labute approximate surface area is 110 Å². The molecule has 1 aromatic heterocycles. The van der Waals surface area contributed by atoms with Gasteiger partial charge in [-0.15, -0.1) is 12.4 Å². The van der Waals surface area contributed by atoms with Crippen molar-refractivity contribution >= 4 is 39.2 Å².